The second-order valence-corrected chi connectivity index (χ2v) is 8.98. The quantitative estimate of drug-likeness (QED) is 0.307. The van der Waals surface area contributed by atoms with E-state index >= 15 is 0 Å². The van der Waals surface area contributed by atoms with E-state index in [2.05, 4.69) is 0 Å². The number of nitrogens with zero attached hydrogens (tertiary/aromatic N) is 1. The highest BCUT2D eigenvalue weighted by Gasteiger charge is 2.32. The van der Waals surface area contributed by atoms with E-state index in [1.54, 1.807) is 19.1 Å². The number of thiocarbonyl (C=S) groups is 1. The minimum Gasteiger partial charge on any atom is -0.497 e. The molecule has 3 aromatic carbocycles. The summed E-state index contributed by atoms with van der Waals surface area (Å²) in [6.45, 7) is 0.863. The number of hydrogen-bond donors (Lipinski definition) is 0. The van der Waals surface area contributed by atoms with Gasteiger partial charge < -0.3 is 14.2 Å². The lowest BCUT2D eigenvalue weighted by atomic mass is 10.1. The van der Waals surface area contributed by atoms with E-state index in [0.29, 0.717) is 33.9 Å². The SMILES string of the molecule is COc1ccc(CN2C(=O)C(=Cc3ccc(OCc4ccccc4)c(OC)c3)SC2=S)cc1. The zero-order chi connectivity index (χ0) is 23.2. The molecular weight excluding hydrogens is 454 g/mol. The molecule has 0 aliphatic carbocycles. The van der Waals surface area contributed by atoms with Crippen LogP contribution in [0.5, 0.6) is 17.2 Å². The fourth-order valence-corrected chi connectivity index (χ4v) is 4.58. The van der Waals surface area contributed by atoms with Crippen LogP contribution in [0.2, 0.25) is 0 Å². The predicted molar refractivity (Wildman–Crippen MR) is 135 cm³/mol. The topological polar surface area (TPSA) is 48.0 Å². The number of methoxy groups -OCH3 is 2. The third-order valence-corrected chi connectivity index (χ3v) is 6.47. The smallest absolute Gasteiger partial charge is 0.266 e. The molecular formula is C26H23NO4S2. The van der Waals surface area contributed by atoms with Crippen molar-refractivity contribution < 1.29 is 19.0 Å². The molecule has 0 saturated carbocycles. The van der Waals surface area contributed by atoms with Gasteiger partial charge >= 0.3 is 0 Å². The van der Waals surface area contributed by atoms with Gasteiger partial charge in [-0.2, -0.15) is 0 Å². The van der Waals surface area contributed by atoms with Gasteiger partial charge in [-0.05, 0) is 47.0 Å². The fraction of sp³-hybridized carbons (Fsp3) is 0.154. The Kier molecular flexibility index (Phi) is 7.32. The minimum absolute atomic E-state index is 0.107. The van der Waals surface area contributed by atoms with Crippen LogP contribution in [0.25, 0.3) is 6.08 Å². The van der Waals surface area contributed by atoms with Gasteiger partial charge in [0.25, 0.3) is 5.91 Å². The third-order valence-electron chi connectivity index (χ3n) is 5.10. The molecule has 3 aromatic rings. The number of rotatable bonds is 8. The first-order chi connectivity index (χ1) is 16.1. The molecule has 1 aliphatic rings. The average Bonchev–Trinajstić information content (AvgIpc) is 3.11. The highest BCUT2D eigenvalue weighted by atomic mass is 32.2. The van der Waals surface area contributed by atoms with E-state index < -0.39 is 0 Å². The second-order valence-electron chi connectivity index (χ2n) is 7.30. The Hall–Kier alpha value is -3.29. The molecule has 0 bridgehead atoms. The lowest BCUT2D eigenvalue weighted by Gasteiger charge is -2.14. The van der Waals surface area contributed by atoms with Crippen molar-refractivity contribution in [3.05, 3.63) is 94.4 Å². The summed E-state index contributed by atoms with van der Waals surface area (Å²) in [5.41, 5.74) is 2.89. The van der Waals surface area contributed by atoms with Gasteiger partial charge in [0.05, 0.1) is 25.7 Å². The molecule has 0 spiro atoms. The Bertz CT molecular complexity index is 1180. The largest absolute Gasteiger partial charge is 0.497 e. The highest BCUT2D eigenvalue weighted by molar-refractivity contribution is 8.26. The molecule has 1 aliphatic heterocycles. The maximum atomic E-state index is 13.0. The lowest BCUT2D eigenvalue weighted by molar-refractivity contribution is -0.122. The van der Waals surface area contributed by atoms with Crippen LogP contribution >= 0.6 is 24.0 Å². The molecule has 1 heterocycles. The van der Waals surface area contributed by atoms with Crippen LogP contribution in [-0.4, -0.2) is 29.3 Å². The van der Waals surface area contributed by atoms with Crippen LogP contribution in [0.4, 0.5) is 0 Å². The van der Waals surface area contributed by atoms with Crippen molar-refractivity contribution in [2.24, 2.45) is 0 Å². The molecule has 168 valence electrons. The first kappa shape index (κ1) is 22.9. The van der Waals surface area contributed by atoms with Gasteiger partial charge in [-0.25, -0.2) is 0 Å². The number of hydrogen-bond acceptors (Lipinski definition) is 6. The van der Waals surface area contributed by atoms with Gasteiger partial charge in [0.15, 0.2) is 11.5 Å². The maximum absolute atomic E-state index is 13.0. The van der Waals surface area contributed by atoms with Gasteiger partial charge in [-0.15, -0.1) is 0 Å². The summed E-state index contributed by atoms with van der Waals surface area (Å²) >= 11 is 6.77. The van der Waals surface area contributed by atoms with E-state index in [9.17, 15) is 4.79 Å². The van der Waals surface area contributed by atoms with Crippen molar-refractivity contribution in [1.82, 2.24) is 4.90 Å². The summed E-state index contributed by atoms with van der Waals surface area (Å²) in [6.07, 6.45) is 1.83. The van der Waals surface area contributed by atoms with Crippen LogP contribution in [-0.2, 0) is 17.9 Å². The molecule has 0 aromatic heterocycles. The minimum atomic E-state index is -0.107. The predicted octanol–water partition coefficient (Wildman–Crippen LogP) is 5.68. The normalized spacial score (nSPS) is 14.6. The number of thioether (sulfide) groups is 1. The van der Waals surface area contributed by atoms with Crippen LogP contribution < -0.4 is 14.2 Å². The van der Waals surface area contributed by atoms with Crippen molar-refractivity contribution in [3.63, 3.8) is 0 Å². The summed E-state index contributed by atoms with van der Waals surface area (Å²) in [5.74, 6) is 1.91. The monoisotopic (exact) mass is 477 g/mol. The molecule has 33 heavy (non-hydrogen) atoms. The van der Waals surface area contributed by atoms with Gasteiger partial charge in [-0.3, -0.25) is 9.69 Å². The van der Waals surface area contributed by atoms with Crippen molar-refractivity contribution >= 4 is 40.3 Å². The fourth-order valence-electron chi connectivity index (χ4n) is 3.33. The van der Waals surface area contributed by atoms with Gasteiger partial charge in [-0.1, -0.05) is 72.5 Å². The van der Waals surface area contributed by atoms with Crippen molar-refractivity contribution in [2.45, 2.75) is 13.2 Å². The molecule has 5 nitrogen and oxygen atoms in total. The molecule has 1 amide bonds. The zero-order valence-electron chi connectivity index (χ0n) is 18.3. The average molecular weight is 478 g/mol. The first-order valence-electron chi connectivity index (χ1n) is 10.3. The molecule has 0 radical (unpaired) electrons. The Balaban J connectivity index is 1.47. The highest BCUT2D eigenvalue weighted by Crippen LogP contribution is 2.35. The molecule has 0 unspecified atom stereocenters. The summed E-state index contributed by atoms with van der Waals surface area (Å²) < 4.78 is 17.2. The van der Waals surface area contributed by atoms with Crippen molar-refractivity contribution in [2.75, 3.05) is 14.2 Å². The first-order valence-corrected chi connectivity index (χ1v) is 11.5. The van der Waals surface area contributed by atoms with Crippen LogP contribution in [0.3, 0.4) is 0 Å². The summed E-state index contributed by atoms with van der Waals surface area (Å²) in [7, 11) is 3.22. The van der Waals surface area contributed by atoms with E-state index in [0.717, 1.165) is 22.4 Å². The molecule has 1 fully saturated rings. The van der Waals surface area contributed by atoms with E-state index in [1.807, 2.05) is 78.9 Å². The second kappa shape index (κ2) is 10.6. The Labute approximate surface area is 203 Å². The van der Waals surface area contributed by atoms with Crippen LogP contribution in [0.15, 0.2) is 77.7 Å². The maximum Gasteiger partial charge on any atom is 0.266 e. The summed E-state index contributed by atoms with van der Waals surface area (Å²) in [4.78, 5) is 15.2. The number of benzene rings is 3. The number of ether oxygens (including phenoxy) is 3. The van der Waals surface area contributed by atoms with E-state index in [4.69, 9.17) is 26.4 Å². The Morgan fingerprint density at radius 1 is 0.909 bits per heavy atom. The molecule has 1 saturated heterocycles. The van der Waals surface area contributed by atoms with Crippen LogP contribution in [0, 0.1) is 0 Å². The van der Waals surface area contributed by atoms with Crippen molar-refractivity contribution in [3.8, 4) is 17.2 Å². The number of amides is 1. The Morgan fingerprint density at radius 2 is 1.67 bits per heavy atom. The van der Waals surface area contributed by atoms with Gasteiger partial charge in [0.1, 0.15) is 16.7 Å². The number of carbonyl (C=O) groups excluding carboxylic acids is 1. The van der Waals surface area contributed by atoms with E-state index in [1.165, 1.54) is 11.8 Å². The van der Waals surface area contributed by atoms with E-state index in [-0.39, 0.29) is 5.91 Å². The van der Waals surface area contributed by atoms with Crippen molar-refractivity contribution in [1.29, 1.82) is 0 Å². The summed E-state index contributed by atoms with van der Waals surface area (Å²) in [5, 5.41) is 0. The van der Waals surface area contributed by atoms with Gasteiger partial charge in [0, 0.05) is 0 Å². The molecule has 0 atom stereocenters. The third kappa shape index (κ3) is 5.56. The van der Waals surface area contributed by atoms with Gasteiger partial charge in [0.2, 0.25) is 0 Å². The zero-order valence-corrected chi connectivity index (χ0v) is 19.9. The standard InChI is InChI=1S/C26H23NO4S2/c1-29-21-11-8-18(9-12-21)16-27-25(28)24(33-26(27)32)15-20-10-13-22(23(14-20)30-2)31-17-19-6-4-3-5-7-19/h3-15H,16-17H2,1-2H3. The van der Waals surface area contributed by atoms with Crippen LogP contribution in [0.1, 0.15) is 16.7 Å². The number of carbonyl (C=O) groups is 1. The lowest BCUT2D eigenvalue weighted by Crippen LogP contribution is -2.27. The molecule has 7 heteroatoms. The molecule has 4 rings (SSSR count). The summed E-state index contributed by atoms with van der Waals surface area (Å²) in [6, 6.07) is 23.2. The molecule has 0 N–H and O–H groups in total. The Morgan fingerprint density at radius 3 is 2.36 bits per heavy atom.